The van der Waals surface area contributed by atoms with Crippen LogP contribution in [0.25, 0.3) is 0 Å². The number of ether oxygens (including phenoxy) is 12. The van der Waals surface area contributed by atoms with Crippen LogP contribution in [0.2, 0.25) is 0 Å². The second-order valence-corrected chi connectivity index (χ2v) is 39.2. The van der Waals surface area contributed by atoms with Gasteiger partial charge in [-0.2, -0.15) is 0 Å². The van der Waals surface area contributed by atoms with Gasteiger partial charge in [0.1, 0.15) is 39.5 Å². The zero-order valence-electron chi connectivity index (χ0n) is 206. The third-order valence-electron chi connectivity index (χ3n) is 20.8. The topological polar surface area (TPSA) is 440 Å². The molecule has 886 valence electrons. The minimum atomic E-state index is -0.751. The Hall–Kier alpha value is -10.9. The Labute approximate surface area is 991 Å². The number of likely N-dealkylation sites (tertiary alicyclic amines) is 5. The van der Waals surface area contributed by atoms with E-state index in [1.54, 1.807) is 86.8 Å². The van der Waals surface area contributed by atoms with E-state index in [0.29, 0.717) is 168 Å². The molecule has 0 saturated carbocycles. The second kappa shape index (κ2) is 56.0. The fourth-order valence-electron chi connectivity index (χ4n) is 14.5. The van der Waals surface area contributed by atoms with Crippen LogP contribution in [0.1, 0.15) is 407 Å². The molecule has 36 heteroatoms. The molecule has 6 heterocycles. The van der Waals surface area contributed by atoms with E-state index in [1.807, 2.05) is 195 Å². The molecule has 5 fully saturated rings. The summed E-state index contributed by atoms with van der Waals surface area (Å²) < 4.78 is 673. The molecule has 6 aliphatic heterocycles. The SMILES string of the molecule is CCOC(=O)C1=C(NCc2ccccc2)CN(C(=O)OC(C)(C)C)CC1.CCOC(=O)C1CCN(C(=O)OC(C)(C)C)CC1=O.CCOC(=O)C1CCN(C(=O)OC(C)(C)C)CC1N.CCOC(=O)C1CCN(C(=O)OC(C)(C)C)CC1N.CCOC(=O)C1CCN(C(=O)OC(C)(C)C)CC1NCc1ccccc1.CCOC(=O)C1CCN(C(=O)OC(C)(C)C)CC1NCc1ccccc1.[2HH].[2HH].[2HH].[2H][2H].[2H][2H].[2H][2H].[2H][2H].[2H][2H].[2H][2H].[2H][2H].[2H][2H].[2H][2H].[2H][2H].[2H][2H].[2H][2H].[2H][2H].[2H][2H].[2H][2H].[2H][2H].[2H][2H].[2H][2H].[2H][2H].[2H][2H].[2H][2H].[2H][2H].[2H][2H].[2H][2H].[2H][2H].[2H][2H].[2H][2H].[2H][2H].[2H][2H].[2H][2H].[2H][2H].[2H][2H].[2H][2H].[2H][2H].[2H][2H].[2H][2H].[2H][2H].[2H][2H].[2H][2H].[2H][2H].[2H][2H].[2H][2H].[2H][2H].[2H][2H].[2H][2H].[2H][2H].[2H][2H].[2H][2H].[2H][2H].[2H][2H].[2H][2H].[2H][2H].[2H][2H].[2H][2H].[2H][2H].[2H][2H].[2H][2H].[2H][2H].[2H][2H].[2H][2H].[2H][2H]. The molecule has 135 heavy (non-hydrogen) atoms. The van der Waals surface area contributed by atoms with Crippen LogP contribution in [0.5, 0.6) is 0 Å². The summed E-state index contributed by atoms with van der Waals surface area (Å²) in [7, 11) is 0. The number of esters is 6. The molecule has 9 unspecified atom stereocenters. The van der Waals surface area contributed by atoms with E-state index < -0.39 is 63.7 Å². The fourth-order valence-corrected chi connectivity index (χ4v) is 14.5. The maximum atomic E-state index is 12.4. The van der Waals surface area contributed by atoms with E-state index >= 15 is 0 Å². The third-order valence-corrected chi connectivity index (χ3v) is 20.8. The van der Waals surface area contributed by atoms with E-state index in [-0.39, 0.29) is 126 Å². The van der Waals surface area contributed by atoms with Gasteiger partial charge in [-0.1, -0.05) is 91.0 Å². The molecule has 3 aromatic carbocycles. The number of nitrogens with one attached hydrogen (secondary N) is 3. The normalized spacial score (nSPS) is 24.0. The quantitative estimate of drug-likeness (QED) is 0.0376. The Morgan fingerprint density at radius 2 is 0.607 bits per heavy atom. The van der Waals surface area contributed by atoms with Gasteiger partial charge in [0.15, 0.2) is 5.78 Å². The first-order valence-electron chi connectivity index (χ1n) is 108. The number of nitrogens with two attached hydrogens (primary N) is 2. The number of Topliss-reactive ketones (excluding diaryl/α,β-unsaturated/α-hetero) is 1. The summed E-state index contributed by atoms with van der Waals surface area (Å²) in [4.78, 5) is 166. The molecule has 0 aliphatic carbocycles. The van der Waals surface area contributed by atoms with E-state index in [0.717, 1.165) is 16.7 Å². The minimum absolute atomic E-state index is 0. The predicted molar refractivity (Wildman–Crippen MR) is 642 cm³/mol. The number of piperidine rings is 5. The molecular formula is C99H285N11O25. The number of ketones is 1. The lowest BCUT2D eigenvalue weighted by molar-refractivity contribution is -0.154. The van der Waals surface area contributed by atoms with Crippen molar-refractivity contribution in [1.29, 1.82) is 0 Å². The lowest BCUT2D eigenvalue weighted by Crippen LogP contribution is -2.55. The molecule has 3 aromatic rings. The van der Waals surface area contributed by atoms with Crippen LogP contribution in [-0.4, -0.2) is 284 Å². The Bertz CT molecular complexity index is 4360. The van der Waals surface area contributed by atoms with Gasteiger partial charge in [-0.15, -0.1) is 0 Å². The molecule has 0 bridgehead atoms. The Morgan fingerprint density at radius 1 is 0.341 bits per heavy atom. The zero-order chi connectivity index (χ0) is 223. The standard InChI is InChI=1S/2C20H30N2O4.C20H28N2O4.2C13H24N2O4.C13H21NO5.64H2/c3*1-5-25-18(23)16-11-12-22(19(24)26-20(2,3)4)14-17(16)21-13-15-9-7-6-8-10-15;2*1-5-18-11(16)9-6-7-15(8-10(9)14)12(17)19-13(2,3)4;1-5-18-11(16)9-6-7-14(8-10(9)15)12(17)19-13(2,3)4;;;;;;;;;;;;;;;;;;;;;;;;;;;;;;;;;;;;;;;;;;;;;;;;;;;;;;;;;;;;;;;;/h2*6-10,16-17,21H,5,11-14H2,1-4H3;6-10,21H,5,11-14H2,1-4H3;2*9-10H,5-8,14H2,1-4H3;9H,5-8H2,1-4H3;64*1H/i;;;;;;61*1+1D;3*1+1. The highest BCUT2D eigenvalue weighted by Gasteiger charge is 2.43. The second-order valence-electron chi connectivity index (χ2n) is 39.2. The molecule has 9 atom stereocenters. The van der Waals surface area contributed by atoms with Crippen LogP contribution in [0, 0.1) is 29.6 Å². The summed E-state index contributed by atoms with van der Waals surface area (Å²) in [6.07, 6.45) is 0.523. The van der Waals surface area contributed by atoms with Crippen molar-refractivity contribution in [2.45, 2.75) is 282 Å². The maximum Gasteiger partial charge on any atom is 0.410 e. The fraction of sp³-hybridized carbons (Fsp3) is 0.667. The van der Waals surface area contributed by atoms with Crippen molar-refractivity contribution >= 4 is 78.2 Å². The van der Waals surface area contributed by atoms with Crippen LogP contribution in [0.3, 0.4) is 0 Å². The van der Waals surface area contributed by atoms with E-state index in [9.17, 15) is 62.3 Å². The number of carbonyl (C=O) groups excluding carboxylic acids is 13. The smallest absolute Gasteiger partial charge is 0.410 e. The van der Waals surface area contributed by atoms with Gasteiger partial charge in [0.25, 0.3) is 0 Å². The number of amides is 6. The molecule has 9 rings (SSSR count). The highest BCUT2D eigenvalue weighted by molar-refractivity contribution is 6.01. The predicted octanol–water partition coefficient (Wildman–Crippen LogP) is 28.6. The molecule has 0 spiro atoms. The summed E-state index contributed by atoms with van der Waals surface area (Å²) in [5, 5.41) is 10.2. The highest BCUT2D eigenvalue weighted by Crippen LogP contribution is 2.29. The maximum absolute atomic E-state index is 12.4. The summed E-state index contributed by atoms with van der Waals surface area (Å²) in [5.74, 6) is -4.05. The average Bonchev–Trinajstić information content (AvgIpc) is 0.813. The number of nitrogens with zero attached hydrogens (tertiary/aromatic N) is 6. The lowest BCUT2D eigenvalue weighted by atomic mass is 9.91. The zero-order valence-corrected chi connectivity index (χ0v) is 84.5. The monoisotopic (exact) mass is 2150 g/mol. The van der Waals surface area contributed by atoms with Crippen LogP contribution in [-0.2, 0) is 110 Å². The molecule has 5 saturated heterocycles. The molecule has 6 amide bonds. The van der Waals surface area contributed by atoms with Crippen LogP contribution in [0.15, 0.2) is 102 Å². The van der Waals surface area contributed by atoms with Crippen LogP contribution < -0.4 is 27.4 Å². The molecule has 36 nitrogen and oxygen atoms in total. The molecule has 0 radical (unpaired) electrons. The Balaban J connectivity index is -0.0000000276. The molecule has 7 N–H and O–H groups in total. The first-order chi connectivity index (χ1) is 124. The third kappa shape index (κ3) is 44.2. The molecule has 0 aromatic heterocycles. The first-order valence-corrected chi connectivity index (χ1v) is 47.1. The van der Waals surface area contributed by atoms with Gasteiger partial charge in [-0.25, -0.2) is 33.6 Å². The number of rotatable bonds is 21. The Morgan fingerprint density at radius 3 is 0.904 bits per heavy atom. The first kappa shape index (κ1) is 53.2. The minimum Gasteiger partial charge on any atom is -0.466 e. The number of benzene rings is 3. The summed E-state index contributed by atoms with van der Waals surface area (Å²) in [6, 6.07) is 28.7. The van der Waals surface area contributed by atoms with E-state index in [1.165, 1.54) is 4.90 Å². The summed E-state index contributed by atoms with van der Waals surface area (Å²) in [6.45, 7) is 51.5. The summed E-state index contributed by atoms with van der Waals surface area (Å²) in [5.41, 5.74) is 13.3. The van der Waals surface area contributed by atoms with Crippen molar-refractivity contribution < 1.29 is 305 Å². The van der Waals surface area contributed by atoms with Crippen molar-refractivity contribution in [3.63, 3.8) is 0 Å². The van der Waals surface area contributed by atoms with Crippen LogP contribution in [0.4, 0.5) is 28.8 Å². The average molecular weight is 2160 g/mol. The number of hydrogen-bond acceptors (Lipinski definition) is 30. The van der Waals surface area contributed by atoms with Crippen LogP contribution >= 0.6 is 0 Å². The largest absolute Gasteiger partial charge is 0.466 e. The molecule has 6 aliphatic rings. The van der Waals surface area contributed by atoms with Gasteiger partial charge in [0.05, 0.1) is 82.0 Å². The number of hydrogen-bond donors (Lipinski definition) is 5. The van der Waals surface area contributed by atoms with Gasteiger partial charge >= 0.3 is 72.4 Å². The van der Waals surface area contributed by atoms with Crippen molar-refractivity contribution in [3.05, 3.63) is 119 Å². The van der Waals surface area contributed by atoms with Gasteiger partial charge in [0.2, 0.25) is 0 Å². The van der Waals surface area contributed by atoms with Gasteiger partial charge < -0.3 is 114 Å². The lowest BCUT2D eigenvalue weighted by Gasteiger charge is -2.38. The van der Waals surface area contributed by atoms with E-state index in [2.05, 4.69) is 16.0 Å². The van der Waals surface area contributed by atoms with Crippen molar-refractivity contribution in [1.82, 2.24) is 45.3 Å². The summed E-state index contributed by atoms with van der Waals surface area (Å²) >= 11 is 0. The van der Waals surface area contributed by atoms with Crippen molar-refractivity contribution in [2.24, 2.45) is 41.1 Å². The van der Waals surface area contributed by atoms with Gasteiger partial charge in [-0.3, -0.25) is 28.8 Å². The highest BCUT2D eigenvalue weighted by atomic mass is 16.6. The number of carbonyl (C=O) groups is 13. The van der Waals surface area contributed by atoms with Crippen molar-refractivity contribution in [2.75, 3.05) is 118 Å². The van der Waals surface area contributed by atoms with Crippen molar-refractivity contribution in [3.8, 4) is 0 Å². The molecular weight excluding hydrogens is 1740 g/mol. The van der Waals surface area contributed by atoms with Gasteiger partial charge in [-0.05, 0) is 221 Å². The van der Waals surface area contributed by atoms with E-state index in [4.69, 9.17) is 249 Å². The van der Waals surface area contributed by atoms with Gasteiger partial charge in [0, 0.05) is 300 Å². The Kier molecular flexibility index (Phi) is 22.1.